The van der Waals surface area contributed by atoms with Gasteiger partial charge in [-0.3, -0.25) is 9.52 Å². The second kappa shape index (κ2) is 7.98. The molecule has 132 valence electrons. The third-order valence-electron chi connectivity index (χ3n) is 3.62. The highest BCUT2D eigenvalue weighted by atomic mass is 32.2. The van der Waals surface area contributed by atoms with E-state index in [0.29, 0.717) is 17.0 Å². The molecule has 25 heavy (non-hydrogen) atoms. The maximum absolute atomic E-state index is 12.3. The van der Waals surface area contributed by atoms with Gasteiger partial charge in [-0.25, -0.2) is 8.42 Å². The normalized spacial score (nSPS) is 11.5. The molecule has 0 heterocycles. The summed E-state index contributed by atoms with van der Waals surface area (Å²) in [6.07, 6.45) is 3.18. The lowest BCUT2D eigenvalue weighted by atomic mass is 10.1. The largest absolute Gasteiger partial charge is 0.496 e. The monoisotopic (exact) mass is 359 g/mol. The van der Waals surface area contributed by atoms with E-state index in [1.54, 1.807) is 44.4 Å². The van der Waals surface area contributed by atoms with Crippen LogP contribution in [-0.2, 0) is 10.0 Å². The summed E-state index contributed by atoms with van der Waals surface area (Å²) in [5.41, 5.74) is 2.80. The van der Waals surface area contributed by atoms with Crippen molar-refractivity contribution >= 4 is 27.6 Å². The van der Waals surface area contributed by atoms with Crippen LogP contribution in [0.3, 0.4) is 0 Å². The molecular formula is C19H21NO4S. The van der Waals surface area contributed by atoms with Crippen LogP contribution in [0.2, 0.25) is 0 Å². The van der Waals surface area contributed by atoms with Crippen molar-refractivity contribution in [1.82, 2.24) is 0 Å². The Morgan fingerprint density at radius 2 is 1.84 bits per heavy atom. The average Bonchev–Trinajstić information content (AvgIpc) is 2.60. The van der Waals surface area contributed by atoms with Gasteiger partial charge in [0, 0.05) is 16.8 Å². The lowest BCUT2D eigenvalue weighted by Crippen LogP contribution is -2.14. The first kappa shape index (κ1) is 18.7. The predicted octanol–water partition coefficient (Wildman–Crippen LogP) is 3.66. The summed E-state index contributed by atoms with van der Waals surface area (Å²) >= 11 is 0. The van der Waals surface area contributed by atoms with Crippen LogP contribution < -0.4 is 9.46 Å². The molecule has 6 heteroatoms. The molecule has 0 amide bonds. The fraction of sp³-hybridized carbons (Fsp3) is 0.211. The number of hydrogen-bond donors (Lipinski definition) is 1. The van der Waals surface area contributed by atoms with E-state index in [4.69, 9.17) is 4.74 Å². The second-order valence-corrected chi connectivity index (χ2v) is 7.54. The van der Waals surface area contributed by atoms with Crippen LogP contribution >= 0.6 is 0 Å². The van der Waals surface area contributed by atoms with Crippen molar-refractivity contribution < 1.29 is 17.9 Å². The molecule has 5 nitrogen and oxygen atoms in total. The highest BCUT2D eigenvalue weighted by molar-refractivity contribution is 7.92. The molecule has 2 rings (SSSR count). The van der Waals surface area contributed by atoms with Crippen LogP contribution in [0.5, 0.6) is 5.75 Å². The number of aryl methyl sites for hydroxylation is 1. The van der Waals surface area contributed by atoms with Crippen molar-refractivity contribution in [2.45, 2.75) is 13.8 Å². The average molecular weight is 359 g/mol. The van der Waals surface area contributed by atoms with Gasteiger partial charge in [0.25, 0.3) is 0 Å². The van der Waals surface area contributed by atoms with Crippen LogP contribution in [-0.4, -0.2) is 27.1 Å². The number of carbonyl (C=O) groups excluding carboxylic acids is 1. The Bertz CT molecular complexity index is 884. The van der Waals surface area contributed by atoms with E-state index >= 15 is 0 Å². The first-order valence-corrected chi connectivity index (χ1v) is 9.47. The van der Waals surface area contributed by atoms with Crippen molar-refractivity contribution in [3.63, 3.8) is 0 Å². The highest BCUT2D eigenvalue weighted by Gasteiger charge is 2.08. The maximum Gasteiger partial charge on any atom is 0.232 e. The quantitative estimate of drug-likeness (QED) is 0.605. The van der Waals surface area contributed by atoms with Crippen LogP contribution in [0, 0.1) is 6.92 Å². The minimum absolute atomic E-state index is 0.00521. The van der Waals surface area contributed by atoms with E-state index in [-0.39, 0.29) is 11.5 Å². The summed E-state index contributed by atoms with van der Waals surface area (Å²) in [5, 5.41) is 0. The molecule has 0 spiro atoms. The summed E-state index contributed by atoms with van der Waals surface area (Å²) in [4.78, 5) is 12.3. The van der Waals surface area contributed by atoms with Gasteiger partial charge in [-0.15, -0.1) is 0 Å². The van der Waals surface area contributed by atoms with Gasteiger partial charge in [0.05, 0.1) is 12.9 Å². The Morgan fingerprint density at radius 1 is 1.16 bits per heavy atom. The van der Waals surface area contributed by atoms with Gasteiger partial charge in [0.2, 0.25) is 10.0 Å². The summed E-state index contributed by atoms with van der Waals surface area (Å²) in [7, 11) is -1.74. The lowest BCUT2D eigenvalue weighted by Gasteiger charge is -2.06. The van der Waals surface area contributed by atoms with Gasteiger partial charge in [-0.1, -0.05) is 11.6 Å². The van der Waals surface area contributed by atoms with E-state index < -0.39 is 10.0 Å². The molecule has 1 N–H and O–H groups in total. The maximum atomic E-state index is 12.3. The Balaban J connectivity index is 2.15. The molecule has 0 radical (unpaired) electrons. The van der Waals surface area contributed by atoms with Crippen molar-refractivity contribution in [2.75, 3.05) is 17.6 Å². The molecule has 0 aliphatic rings. The van der Waals surface area contributed by atoms with Crippen LogP contribution in [0.25, 0.3) is 6.08 Å². The fourth-order valence-corrected chi connectivity index (χ4v) is 2.84. The lowest BCUT2D eigenvalue weighted by molar-refractivity contribution is 0.104. The topological polar surface area (TPSA) is 72.5 Å². The molecule has 0 aliphatic heterocycles. The molecule has 0 unspecified atom stereocenters. The van der Waals surface area contributed by atoms with Crippen molar-refractivity contribution in [2.24, 2.45) is 0 Å². The minimum Gasteiger partial charge on any atom is -0.496 e. The van der Waals surface area contributed by atoms with E-state index in [1.807, 2.05) is 25.1 Å². The summed E-state index contributed by atoms with van der Waals surface area (Å²) in [6, 6.07) is 12.1. The third kappa shape index (κ3) is 5.19. The van der Waals surface area contributed by atoms with Crippen LogP contribution in [0.15, 0.2) is 48.5 Å². The smallest absolute Gasteiger partial charge is 0.232 e. The van der Waals surface area contributed by atoms with Crippen molar-refractivity contribution in [3.8, 4) is 5.75 Å². The van der Waals surface area contributed by atoms with E-state index in [2.05, 4.69) is 4.72 Å². The summed E-state index contributed by atoms with van der Waals surface area (Å²) in [5.74, 6) is 0.516. The zero-order valence-electron chi connectivity index (χ0n) is 14.4. The second-order valence-electron chi connectivity index (χ2n) is 5.53. The zero-order valence-corrected chi connectivity index (χ0v) is 15.3. The number of nitrogens with one attached hydrogen (secondary N) is 1. The molecule has 0 saturated carbocycles. The molecule has 2 aromatic carbocycles. The Labute approximate surface area is 148 Å². The standard InChI is InChI=1S/C19H21NO4S/c1-4-25(22,23)20-17-9-6-15(7-10-17)18(21)11-8-16-13-14(2)5-12-19(16)24-3/h5-13,20H,4H2,1-3H3/b11-8+. The van der Waals surface area contributed by atoms with Gasteiger partial charge >= 0.3 is 0 Å². The number of ketones is 1. The Hall–Kier alpha value is -2.60. The van der Waals surface area contributed by atoms with Crippen molar-refractivity contribution in [3.05, 3.63) is 65.2 Å². The van der Waals surface area contributed by atoms with Crippen molar-refractivity contribution in [1.29, 1.82) is 0 Å². The minimum atomic E-state index is -3.33. The molecular weight excluding hydrogens is 338 g/mol. The first-order chi connectivity index (χ1) is 11.8. The summed E-state index contributed by atoms with van der Waals surface area (Å²) < 4.78 is 30.8. The van der Waals surface area contributed by atoms with E-state index in [1.165, 1.54) is 6.08 Å². The number of anilines is 1. The molecule has 0 fully saturated rings. The Kier molecular flexibility index (Phi) is 5.98. The molecule has 0 saturated heterocycles. The third-order valence-corrected chi connectivity index (χ3v) is 4.93. The fourth-order valence-electron chi connectivity index (χ4n) is 2.20. The van der Waals surface area contributed by atoms with Gasteiger partial charge in [-0.2, -0.15) is 0 Å². The zero-order chi connectivity index (χ0) is 18.4. The molecule has 0 aromatic heterocycles. The number of carbonyl (C=O) groups is 1. The number of hydrogen-bond acceptors (Lipinski definition) is 4. The Morgan fingerprint density at radius 3 is 2.44 bits per heavy atom. The SMILES string of the molecule is CCS(=O)(=O)Nc1ccc(C(=O)/C=C/c2cc(C)ccc2OC)cc1. The van der Waals surface area contributed by atoms with Crippen LogP contribution in [0.4, 0.5) is 5.69 Å². The van der Waals surface area contributed by atoms with Crippen LogP contribution in [0.1, 0.15) is 28.4 Å². The number of sulfonamides is 1. The highest BCUT2D eigenvalue weighted by Crippen LogP contribution is 2.21. The number of benzene rings is 2. The van der Waals surface area contributed by atoms with E-state index in [0.717, 1.165) is 11.1 Å². The molecule has 0 atom stereocenters. The summed E-state index contributed by atoms with van der Waals surface area (Å²) in [6.45, 7) is 3.53. The predicted molar refractivity (Wildman–Crippen MR) is 101 cm³/mol. The van der Waals surface area contributed by atoms with Gasteiger partial charge in [-0.05, 0) is 62.4 Å². The van der Waals surface area contributed by atoms with E-state index in [9.17, 15) is 13.2 Å². The molecule has 2 aromatic rings. The number of methoxy groups -OCH3 is 1. The first-order valence-electron chi connectivity index (χ1n) is 7.82. The number of ether oxygens (including phenoxy) is 1. The van der Waals surface area contributed by atoms with Gasteiger partial charge in [0.1, 0.15) is 5.75 Å². The van der Waals surface area contributed by atoms with Gasteiger partial charge < -0.3 is 4.74 Å². The van der Waals surface area contributed by atoms with Gasteiger partial charge in [0.15, 0.2) is 5.78 Å². The number of rotatable bonds is 7. The molecule has 0 aliphatic carbocycles. The number of allylic oxidation sites excluding steroid dienone is 1. The molecule has 0 bridgehead atoms.